The SMILES string of the molecule is CC1CN(C(=O)C2COc3ccc(O)cc3O2)CCN1C(=O)c1cc(C2(C)CC2)[nH]n1. The van der Waals surface area contributed by atoms with Crippen molar-refractivity contribution in [3.63, 3.8) is 0 Å². The van der Waals surface area contributed by atoms with Crippen LogP contribution < -0.4 is 9.47 Å². The van der Waals surface area contributed by atoms with Gasteiger partial charge in [-0.25, -0.2) is 0 Å². The lowest BCUT2D eigenvalue weighted by molar-refractivity contribution is -0.143. The zero-order chi connectivity index (χ0) is 21.8. The number of nitrogens with zero attached hydrogens (tertiary/aromatic N) is 3. The minimum Gasteiger partial charge on any atom is -0.508 e. The van der Waals surface area contributed by atoms with Crippen LogP contribution in [0.5, 0.6) is 17.2 Å². The number of carbonyl (C=O) groups is 2. The molecule has 3 heterocycles. The molecule has 31 heavy (non-hydrogen) atoms. The van der Waals surface area contributed by atoms with Crippen LogP contribution in [0.15, 0.2) is 24.3 Å². The van der Waals surface area contributed by atoms with Gasteiger partial charge in [0.1, 0.15) is 18.1 Å². The first-order valence-corrected chi connectivity index (χ1v) is 10.6. The van der Waals surface area contributed by atoms with Crippen LogP contribution in [0.4, 0.5) is 0 Å². The van der Waals surface area contributed by atoms with E-state index >= 15 is 0 Å². The number of aromatic nitrogens is 2. The fourth-order valence-electron chi connectivity index (χ4n) is 4.19. The van der Waals surface area contributed by atoms with Gasteiger partial charge in [-0.1, -0.05) is 6.92 Å². The molecule has 1 saturated heterocycles. The summed E-state index contributed by atoms with van der Waals surface area (Å²) in [6.45, 7) is 5.45. The third-order valence-corrected chi connectivity index (χ3v) is 6.51. The average Bonchev–Trinajstić information content (AvgIpc) is 3.31. The molecule has 1 aromatic heterocycles. The van der Waals surface area contributed by atoms with Gasteiger partial charge in [-0.3, -0.25) is 14.7 Å². The highest BCUT2D eigenvalue weighted by molar-refractivity contribution is 5.93. The molecular formula is C22H26N4O5. The maximum atomic E-state index is 13.0. The molecule has 1 saturated carbocycles. The first-order valence-electron chi connectivity index (χ1n) is 10.6. The van der Waals surface area contributed by atoms with E-state index in [1.165, 1.54) is 12.1 Å². The molecule has 3 aliphatic rings. The number of hydrogen-bond donors (Lipinski definition) is 2. The molecule has 2 aliphatic heterocycles. The number of benzene rings is 1. The van der Waals surface area contributed by atoms with E-state index in [1.807, 2.05) is 13.0 Å². The topological polar surface area (TPSA) is 108 Å². The number of aromatic hydroxyl groups is 1. The lowest BCUT2D eigenvalue weighted by Gasteiger charge is -2.41. The van der Waals surface area contributed by atoms with Gasteiger partial charge in [0.2, 0.25) is 6.10 Å². The number of H-pyrrole nitrogens is 1. The molecule has 2 amide bonds. The van der Waals surface area contributed by atoms with Gasteiger partial charge in [0.25, 0.3) is 11.8 Å². The molecule has 2 atom stereocenters. The van der Waals surface area contributed by atoms with Gasteiger partial charge in [-0.2, -0.15) is 5.10 Å². The molecule has 0 radical (unpaired) electrons. The van der Waals surface area contributed by atoms with E-state index in [0.29, 0.717) is 36.8 Å². The lowest BCUT2D eigenvalue weighted by Crippen LogP contribution is -2.58. The number of fused-ring (bicyclic) bond motifs is 1. The number of carbonyl (C=O) groups excluding carboxylic acids is 2. The van der Waals surface area contributed by atoms with Crippen LogP contribution in [0.1, 0.15) is 42.9 Å². The highest BCUT2D eigenvalue weighted by Gasteiger charge is 2.42. The van der Waals surface area contributed by atoms with Crippen molar-refractivity contribution in [1.82, 2.24) is 20.0 Å². The van der Waals surface area contributed by atoms with E-state index in [9.17, 15) is 14.7 Å². The largest absolute Gasteiger partial charge is 0.508 e. The third kappa shape index (κ3) is 3.58. The Morgan fingerprint density at radius 1 is 1.23 bits per heavy atom. The summed E-state index contributed by atoms with van der Waals surface area (Å²) in [6.07, 6.45) is 1.44. The minimum absolute atomic E-state index is 0.0494. The summed E-state index contributed by atoms with van der Waals surface area (Å²) < 4.78 is 11.4. The van der Waals surface area contributed by atoms with Gasteiger partial charge >= 0.3 is 0 Å². The van der Waals surface area contributed by atoms with Crippen LogP contribution >= 0.6 is 0 Å². The van der Waals surface area contributed by atoms with Gasteiger partial charge < -0.3 is 24.4 Å². The van der Waals surface area contributed by atoms with Gasteiger partial charge in [0, 0.05) is 42.9 Å². The third-order valence-electron chi connectivity index (χ3n) is 6.51. The van der Waals surface area contributed by atoms with E-state index in [2.05, 4.69) is 17.1 Å². The van der Waals surface area contributed by atoms with E-state index in [-0.39, 0.29) is 35.6 Å². The van der Waals surface area contributed by atoms with Crippen molar-refractivity contribution in [1.29, 1.82) is 0 Å². The number of ether oxygens (including phenoxy) is 2. The van der Waals surface area contributed by atoms with Crippen LogP contribution in [-0.2, 0) is 10.2 Å². The molecule has 0 spiro atoms. The summed E-state index contributed by atoms with van der Waals surface area (Å²) in [5.41, 5.74) is 1.56. The minimum atomic E-state index is -0.781. The first-order chi connectivity index (χ1) is 14.8. The predicted molar refractivity (Wildman–Crippen MR) is 110 cm³/mol. The second kappa shape index (κ2) is 7.18. The van der Waals surface area contributed by atoms with Crippen LogP contribution in [0, 0.1) is 0 Å². The molecular weight excluding hydrogens is 400 g/mol. The molecule has 1 aliphatic carbocycles. The highest BCUT2D eigenvalue weighted by atomic mass is 16.6. The van der Waals surface area contributed by atoms with Crippen molar-refractivity contribution in [3.05, 3.63) is 35.7 Å². The number of rotatable bonds is 3. The predicted octanol–water partition coefficient (Wildman–Crippen LogP) is 1.68. The first kappa shape index (κ1) is 19.7. The second-order valence-corrected chi connectivity index (χ2v) is 8.91. The van der Waals surface area contributed by atoms with Crippen LogP contribution in [0.2, 0.25) is 0 Å². The summed E-state index contributed by atoms with van der Waals surface area (Å²) in [6, 6.07) is 6.27. The maximum Gasteiger partial charge on any atom is 0.274 e. The summed E-state index contributed by atoms with van der Waals surface area (Å²) in [7, 11) is 0. The number of aromatic amines is 1. The summed E-state index contributed by atoms with van der Waals surface area (Å²) in [4.78, 5) is 29.5. The Labute approximate surface area is 179 Å². The average molecular weight is 426 g/mol. The summed E-state index contributed by atoms with van der Waals surface area (Å²) in [5, 5.41) is 16.9. The molecule has 2 unspecified atom stereocenters. The van der Waals surface area contributed by atoms with Gasteiger partial charge in [0.15, 0.2) is 11.5 Å². The Morgan fingerprint density at radius 2 is 2.03 bits per heavy atom. The van der Waals surface area contributed by atoms with Crippen molar-refractivity contribution >= 4 is 11.8 Å². The Morgan fingerprint density at radius 3 is 2.77 bits per heavy atom. The van der Waals surface area contributed by atoms with Crippen LogP contribution in [-0.4, -0.2) is 75.3 Å². The van der Waals surface area contributed by atoms with Gasteiger partial charge in [0.05, 0.1) is 0 Å². The Bertz CT molecular complexity index is 1030. The van der Waals surface area contributed by atoms with Gasteiger partial charge in [-0.15, -0.1) is 0 Å². The number of piperazine rings is 1. The number of nitrogens with one attached hydrogen (secondary N) is 1. The maximum absolute atomic E-state index is 13.0. The molecule has 2 aromatic rings. The number of phenols is 1. The molecule has 9 heteroatoms. The molecule has 2 N–H and O–H groups in total. The molecule has 0 bridgehead atoms. The molecule has 2 fully saturated rings. The van der Waals surface area contributed by atoms with E-state index in [1.54, 1.807) is 15.9 Å². The van der Waals surface area contributed by atoms with Crippen LogP contribution in [0.3, 0.4) is 0 Å². The van der Waals surface area contributed by atoms with Crippen molar-refractivity contribution in [3.8, 4) is 17.2 Å². The molecule has 1 aromatic carbocycles. The normalized spacial score (nSPS) is 24.1. The standard InChI is InChI=1S/C22H26N4O5/c1-13-11-25(21(29)18-12-30-16-4-3-14(27)9-17(16)31-18)7-8-26(13)20(28)15-10-19(24-23-15)22(2)5-6-22/h3-4,9-10,13,18,27H,5-8,11-12H2,1-2H3,(H,23,24). The number of amides is 2. The Hall–Kier alpha value is -3.23. The molecule has 5 rings (SSSR count). The molecule has 9 nitrogen and oxygen atoms in total. The molecule has 164 valence electrons. The number of phenolic OH excluding ortho intramolecular Hbond substituents is 1. The van der Waals surface area contributed by atoms with Crippen LogP contribution in [0.25, 0.3) is 0 Å². The van der Waals surface area contributed by atoms with Gasteiger partial charge in [-0.05, 0) is 38.0 Å². The lowest BCUT2D eigenvalue weighted by atomic mass is 10.1. The highest BCUT2D eigenvalue weighted by Crippen LogP contribution is 2.46. The monoisotopic (exact) mass is 426 g/mol. The Balaban J connectivity index is 1.22. The summed E-state index contributed by atoms with van der Waals surface area (Å²) in [5.74, 6) is 0.604. The van der Waals surface area contributed by atoms with Crippen molar-refractivity contribution in [2.75, 3.05) is 26.2 Å². The van der Waals surface area contributed by atoms with E-state index in [4.69, 9.17) is 9.47 Å². The van der Waals surface area contributed by atoms with Crippen molar-refractivity contribution < 1.29 is 24.2 Å². The quantitative estimate of drug-likeness (QED) is 0.773. The van der Waals surface area contributed by atoms with Crippen molar-refractivity contribution in [2.24, 2.45) is 0 Å². The fraction of sp³-hybridized carbons (Fsp3) is 0.500. The smallest absolute Gasteiger partial charge is 0.274 e. The fourth-order valence-corrected chi connectivity index (χ4v) is 4.19. The second-order valence-electron chi connectivity index (χ2n) is 8.91. The zero-order valence-corrected chi connectivity index (χ0v) is 17.6. The summed E-state index contributed by atoms with van der Waals surface area (Å²) >= 11 is 0. The van der Waals surface area contributed by atoms with E-state index < -0.39 is 6.10 Å². The van der Waals surface area contributed by atoms with Crippen molar-refractivity contribution in [2.45, 2.75) is 44.2 Å². The zero-order valence-electron chi connectivity index (χ0n) is 17.6. The Kier molecular flexibility index (Phi) is 4.56. The number of hydrogen-bond acceptors (Lipinski definition) is 6. The van der Waals surface area contributed by atoms with E-state index in [0.717, 1.165) is 18.5 Å².